The molecular formula is C18H34N4O. The molecule has 132 valence electrons. The molecule has 0 atom stereocenters. The van der Waals surface area contributed by atoms with E-state index in [1.807, 2.05) is 66.1 Å². The van der Waals surface area contributed by atoms with Crippen molar-refractivity contribution in [2.75, 3.05) is 32.5 Å². The maximum atomic E-state index is 10.9. The van der Waals surface area contributed by atoms with Crippen molar-refractivity contribution < 1.29 is 4.79 Å². The van der Waals surface area contributed by atoms with E-state index in [4.69, 9.17) is 11.1 Å². The number of amides is 1. The second kappa shape index (κ2) is 15.0. The minimum Gasteiger partial charge on any atom is -0.384 e. The first-order chi connectivity index (χ1) is 11.0. The maximum absolute atomic E-state index is 10.9. The number of hydrogen-bond donors (Lipinski definition) is 3. The summed E-state index contributed by atoms with van der Waals surface area (Å²) in [6.45, 7) is 9.84. The summed E-state index contributed by atoms with van der Waals surface area (Å²) in [6, 6.07) is 7.52. The Morgan fingerprint density at radius 1 is 1.17 bits per heavy atom. The quantitative estimate of drug-likeness (QED) is 0.507. The zero-order chi connectivity index (χ0) is 18.3. The van der Waals surface area contributed by atoms with Crippen LogP contribution in [0.3, 0.4) is 0 Å². The van der Waals surface area contributed by atoms with Crippen molar-refractivity contribution in [3.63, 3.8) is 0 Å². The molecule has 0 saturated carbocycles. The number of hydrogen-bond acceptors (Lipinski definition) is 4. The second-order valence-corrected chi connectivity index (χ2v) is 4.75. The summed E-state index contributed by atoms with van der Waals surface area (Å²) >= 11 is 0. The molecule has 0 aromatic heterocycles. The van der Waals surface area contributed by atoms with Crippen LogP contribution >= 0.6 is 0 Å². The van der Waals surface area contributed by atoms with Crippen LogP contribution in [0.2, 0.25) is 0 Å². The van der Waals surface area contributed by atoms with Crippen molar-refractivity contribution in [2.24, 2.45) is 5.73 Å². The fourth-order valence-corrected chi connectivity index (χ4v) is 1.79. The van der Waals surface area contributed by atoms with Gasteiger partial charge in [0.1, 0.15) is 0 Å². The lowest BCUT2D eigenvalue weighted by molar-refractivity contribution is -0.116. The van der Waals surface area contributed by atoms with E-state index < -0.39 is 5.91 Å². The van der Waals surface area contributed by atoms with E-state index in [0.717, 1.165) is 30.8 Å². The van der Waals surface area contributed by atoms with Gasteiger partial charge in [-0.2, -0.15) is 0 Å². The highest BCUT2D eigenvalue weighted by atomic mass is 16.1. The van der Waals surface area contributed by atoms with Crippen LogP contribution in [0.4, 0.5) is 5.69 Å². The third-order valence-electron chi connectivity index (χ3n) is 2.70. The Bertz CT molecular complexity index is 444. The Kier molecular flexibility index (Phi) is 15.3. The lowest BCUT2D eigenvalue weighted by Gasteiger charge is -2.14. The molecule has 1 aromatic carbocycles. The number of carbonyl (C=O) groups excluding carboxylic acids is 1. The summed E-state index contributed by atoms with van der Waals surface area (Å²) < 4.78 is 0. The van der Waals surface area contributed by atoms with Gasteiger partial charge < -0.3 is 21.4 Å². The third kappa shape index (κ3) is 11.4. The normalized spacial score (nSPS) is 9.17. The van der Waals surface area contributed by atoms with Crippen molar-refractivity contribution >= 4 is 17.3 Å². The largest absolute Gasteiger partial charge is 0.384 e. The average Bonchev–Trinajstić information content (AvgIpc) is 2.55. The van der Waals surface area contributed by atoms with Gasteiger partial charge in [-0.05, 0) is 33.1 Å². The van der Waals surface area contributed by atoms with Crippen LogP contribution in [0.5, 0.6) is 0 Å². The fraction of sp³-hybridized carbons (Fsp3) is 0.556. The average molecular weight is 322 g/mol. The van der Waals surface area contributed by atoms with Gasteiger partial charge >= 0.3 is 0 Å². The second-order valence-electron chi connectivity index (χ2n) is 4.75. The highest BCUT2D eigenvalue weighted by Crippen LogP contribution is 2.16. The van der Waals surface area contributed by atoms with E-state index in [1.54, 1.807) is 0 Å². The van der Waals surface area contributed by atoms with Crippen LogP contribution in [0.15, 0.2) is 24.3 Å². The van der Waals surface area contributed by atoms with Gasteiger partial charge in [-0.15, -0.1) is 0 Å². The molecule has 0 aliphatic rings. The summed E-state index contributed by atoms with van der Waals surface area (Å²) in [5, 5.41) is 11.2. The summed E-state index contributed by atoms with van der Waals surface area (Å²) in [4.78, 5) is 13.0. The summed E-state index contributed by atoms with van der Waals surface area (Å²) in [5.41, 5.74) is 7.01. The molecule has 1 amide bonds. The van der Waals surface area contributed by atoms with E-state index in [-0.39, 0.29) is 12.1 Å². The van der Waals surface area contributed by atoms with Crippen LogP contribution < -0.4 is 11.1 Å². The molecule has 0 aliphatic carbocycles. The predicted octanol–water partition coefficient (Wildman–Crippen LogP) is 3.35. The summed E-state index contributed by atoms with van der Waals surface area (Å²) in [6.07, 6.45) is 0.987. The van der Waals surface area contributed by atoms with Crippen LogP contribution in [0.25, 0.3) is 0 Å². The van der Waals surface area contributed by atoms with E-state index >= 15 is 0 Å². The Labute approximate surface area is 141 Å². The summed E-state index contributed by atoms with van der Waals surface area (Å²) in [7, 11) is 4.08. The highest BCUT2D eigenvalue weighted by molar-refractivity contribution is 6.11. The zero-order valence-electron chi connectivity index (χ0n) is 15.6. The number of anilines is 1. The van der Waals surface area contributed by atoms with Gasteiger partial charge in [0.25, 0.3) is 0 Å². The number of carbonyl (C=O) groups is 1. The molecule has 0 radical (unpaired) electrons. The number of nitrogens with one attached hydrogen (secondary N) is 2. The van der Waals surface area contributed by atoms with E-state index in [9.17, 15) is 4.79 Å². The van der Waals surface area contributed by atoms with Gasteiger partial charge in [0, 0.05) is 23.5 Å². The topological polar surface area (TPSA) is 82.2 Å². The Hall–Kier alpha value is -1.88. The van der Waals surface area contributed by atoms with Crippen molar-refractivity contribution in [3.05, 3.63) is 29.8 Å². The molecule has 0 aliphatic heterocycles. The van der Waals surface area contributed by atoms with Gasteiger partial charge in [-0.3, -0.25) is 4.79 Å². The first-order valence-corrected chi connectivity index (χ1v) is 8.34. The molecule has 1 aromatic rings. The van der Waals surface area contributed by atoms with Gasteiger partial charge in [-0.25, -0.2) is 0 Å². The minimum absolute atomic E-state index is 0.0314. The molecule has 0 spiro atoms. The van der Waals surface area contributed by atoms with Crippen LogP contribution in [-0.4, -0.2) is 43.7 Å². The first kappa shape index (κ1) is 23.4. The zero-order valence-corrected chi connectivity index (χ0v) is 15.6. The van der Waals surface area contributed by atoms with Crippen molar-refractivity contribution in [2.45, 2.75) is 40.5 Å². The molecule has 0 heterocycles. The minimum atomic E-state index is -0.479. The van der Waals surface area contributed by atoms with Crippen molar-refractivity contribution in [1.29, 1.82) is 5.41 Å². The summed E-state index contributed by atoms with van der Waals surface area (Å²) in [5.74, 6) is -0.479. The van der Waals surface area contributed by atoms with Crippen LogP contribution in [-0.2, 0) is 4.79 Å². The third-order valence-corrected chi connectivity index (χ3v) is 2.70. The molecule has 0 bridgehead atoms. The number of benzene rings is 1. The number of para-hydroxylation sites is 1. The molecule has 0 unspecified atom stereocenters. The maximum Gasteiger partial charge on any atom is 0.223 e. The highest BCUT2D eigenvalue weighted by Gasteiger charge is 2.09. The monoisotopic (exact) mass is 322 g/mol. The van der Waals surface area contributed by atoms with E-state index in [2.05, 4.69) is 10.2 Å². The van der Waals surface area contributed by atoms with E-state index in [1.165, 1.54) is 0 Å². The number of nitrogens with zero attached hydrogens (tertiary/aromatic N) is 1. The number of primary amides is 1. The van der Waals surface area contributed by atoms with Gasteiger partial charge in [0.05, 0.1) is 6.42 Å². The molecular weight excluding hydrogens is 288 g/mol. The van der Waals surface area contributed by atoms with Crippen LogP contribution in [0.1, 0.15) is 46.1 Å². The molecule has 4 N–H and O–H groups in total. The SMILES string of the molecule is CC.CC.CN(C)CCCNc1ccccc1C(=N)CC(N)=O. The lowest BCUT2D eigenvalue weighted by atomic mass is 10.0. The lowest BCUT2D eigenvalue weighted by Crippen LogP contribution is -2.19. The van der Waals surface area contributed by atoms with Crippen LogP contribution in [0, 0.1) is 5.41 Å². The predicted molar refractivity (Wildman–Crippen MR) is 101 cm³/mol. The number of nitrogens with two attached hydrogens (primary N) is 1. The molecule has 0 saturated heterocycles. The molecule has 1 rings (SSSR count). The molecule has 5 heteroatoms. The van der Waals surface area contributed by atoms with Gasteiger partial charge in [0.15, 0.2) is 0 Å². The van der Waals surface area contributed by atoms with Gasteiger partial charge in [0.2, 0.25) is 5.91 Å². The molecule has 0 fully saturated rings. The fourth-order valence-electron chi connectivity index (χ4n) is 1.79. The van der Waals surface area contributed by atoms with E-state index in [0.29, 0.717) is 0 Å². The molecule has 5 nitrogen and oxygen atoms in total. The Morgan fingerprint density at radius 2 is 1.74 bits per heavy atom. The Morgan fingerprint density at radius 3 is 2.26 bits per heavy atom. The smallest absolute Gasteiger partial charge is 0.223 e. The Balaban J connectivity index is 0. The first-order valence-electron chi connectivity index (χ1n) is 8.34. The van der Waals surface area contributed by atoms with Gasteiger partial charge in [-0.1, -0.05) is 45.9 Å². The number of rotatable bonds is 8. The molecule has 23 heavy (non-hydrogen) atoms. The van der Waals surface area contributed by atoms with Crippen molar-refractivity contribution in [1.82, 2.24) is 4.90 Å². The van der Waals surface area contributed by atoms with Crippen molar-refractivity contribution in [3.8, 4) is 0 Å². The standard InChI is InChI=1S/C14H22N4O.2C2H6/c1-18(2)9-5-8-17-13-7-4-3-6-11(13)12(15)10-14(16)19;2*1-2/h3-4,6-7,15,17H,5,8-10H2,1-2H3,(H2,16,19);2*1-2H3.